The molecule has 1 saturated heterocycles. The highest BCUT2D eigenvalue weighted by molar-refractivity contribution is 7.34. The van der Waals surface area contributed by atoms with Crippen LogP contribution in [0, 0.1) is 5.92 Å². The third kappa shape index (κ3) is 7.83. The molecular weight excluding hydrogens is 585 g/mol. The number of azide groups is 1. The molecule has 222 valence electrons. The molecule has 0 spiro atoms. The molecule has 1 aromatic heterocycles. The Bertz CT molecular complexity index is 1390. The fraction of sp³-hybridized carbons (Fsp3) is 0.522. The van der Waals surface area contributed by atoms with Gasteiger partial charge in [-0.25, -0.2) is 9.59 Å². The highest BCUT2D eigenvalue weighted by Gasteiger charge is 2.56. The van der Waals surface area contributed by atoms with Gasteiger partial charge in [0.1, 0.15) is 24.6 Å². The molecule has 1 aromatic carbocycles. The minimum absolute atomic E-state index is 0.0414. The summed E-state index contributed by atoms with van der Waals surface area (Å²) in [6, 6.07) is 4.25. The van der Waals surface area contributed by atoms with Crippen LogP contribution in [0.15, 0.2) is 45.1 Å². The molecular formula is C23H29ClN7O9P. The Morgan fingerprint density at radius 3 is 2.76 bits per heavy atom. The molecule has 0 radical (unpaired) electrons. The van der Waals surface area contributed by atoms with Crippen molar-refractivity contribution in [2.45, 2.75) is 57.4 Å². The van der Waals surface area contributed by atoms with Gasteiger partial charge in [0.05, 0.1) is 6.61 Å². The number of carbonyl (C=O) groups excluding carboxylic acids is 1. The zero-order chi connectivity index (χ0) is 30.3. The minimum Gasteiger partial charge on any atom is -0.575 e. The Morgan fingerprint density at radius 2 is 2.12 bits per heavy atom. The first-order valence-corrected chi connectivity index (χ1v) is 13.8. The second-order valence-electron chi connectivity index (χ2n) is 9.24. The van der Waals surface area contributed by atoms with Crippen LogP contribution in [0.1, 0.15) is 33.4 Å². The van der Waals surface area contributed by atoms with Crippen LogP contribution in [0.4, 0.5) is 5.82 Å². The normalized spacial score (nSPS) is 23.1. The predicted molar refractivity (Wildman–Crippen MR) is 144 cm³/mol. The van der Waals surface area contributed by atoms with E-state index in [0.717, 1.165) is 4.57 Å². The molecule has 0 aliphatic carbocycles. The summed E-state index contributed by atoms with van der Waals surface area (Å²) in [4.78, 5) is 43.6. The first kappa shape index (κ1) is 32.0. The van der Waals surface area contributed by atoms with E-state index in [1.54, 1.807) is 6.92 Å². The molecule has 1 unspecified atom stereocenters. The average molecular weight is 614 g/mol. The van der Waals surface area contributed by atoms with Gasteiger partial charge in [0, 0.05) is 22.2 Å². The summed E-state index contributed by atoms with van der Waals surface area (Å²) in [5.74, 6) is -0.931. The number of aliphatic hydroxyl groups is 2. The maximum atomic E-state index is 12.8. The van der Waals surface area contributed by atoms with Crippen molar-refractivity contribution in [1.82, 2.24) is 9.55 Å². The van der Waals surface area contributed by atoms with E-state index in [9.17, 15) is 30.2 Å². The summed E-state index contributed by atoms with van der Waals surface area (Å²) >= 11 is 6.10. The van der Waals surface area contributed by atoms with Crippen LogP contribution in [-0.4, -0.2) is 62.9 Å². The highest BCUT2D eigenvalue weighted by Crippen LogP contribution is 2.41. The third-order valence-corrected chi connectivity index (χ3v) is 6.80. The van der Waals surface area contributed by atoms with Crippen LogP contribution in [0.2, 0.25) is 5.02 Å². The van der Waals surface area contributed by atoms with Gasteiger partial charge in [-0.2, -0.15) is 4.98 Å². The first-order chi connectivity index (χ1) is 19.4. The van der Waals surface area contributed by atoms with E-state index in [0.29, 0.717) is 0 Å². The van der Waals surface area contributed by atoms with Crippen molar-refractivity contribution < 1.29 is 38.6 Å². The highest BCUT2D eigenvalue weighted by atomic mass is 35.5. The van der Waals surface area contributed by atoms with E-state index in [2.05, 4.69) is 19.8 Å². The summed E-state index contributed by atoms with van der Waals surface area (Å²) < 4.78 is 26.7. The van der Waals surface area contributed by atoms with E-state index in [1.807, 2.05) is 13.8 Å². The second kappa shape index (κ2) is 13.9. The van der Waals surface area contributed by atoms with Crippen LogP contribution >= 0.6 is 19.8 Å². The van der Waals surface area contributed by atoms with Gasteiger partial charge in [-0.1, -0.05) is 35.3 Å². The zero-order valence-electron chi connectivity index (χ0n) is 22.2. The number of hydrogen-bond acceptors (Lipinski definition) is 13. The summed E-state index contributed by atoms with van der Waals surface area (Å²) in [5.41, 5.74) is 11.6. The molecule has 0 amide bonds. The van der Waals surface area contributed by atoms with Crippen LogP contribution in [0.25, 0.3) is 10.4 Å². The van der Waals surface area contributed by atoms with Gasteiger partial charge in [-0.15, -0.1) is 0 Å². The number of aromatic nitrogens is 2. The molecule has 16 nitrogen and oxygen atoms in total. The second-order valence-corrected chi connectivity index (χ2v) is 10.6. The van der Waals surface area contributed by atoms with Crippen LogP contribution in [0.3, 0.4) is 0 Å². The number of nitrogens with zero attached hydrogens (tertiary/aromatic N) is 6. The molecule has 4 N–H and O–H groups in total. The lowest BCUT2D eigenvalue weighted by atomic mass is 10.1. The quantitative estimate of drug-likeness (QED) is 0.103. The third-order valence-electron chi connectivity index (χ3n) is 5.75. The van der Waals surface area contributed by atoms with Crippen molar-refractivity contribution >= 4 is 31.6 Å². The van der Waals surface area contributed by atoms with Crippen molar-refractivity contribution in [3.05, 3.63) is 56.4 Å². The van der Waals surface area contributed by atoms with E-state index in [1.165, 1.54) is 30.5 Å². The number of halogens is 1. The van der Waals surface area contributed by atoms with Gasteiger partial charge in [0.15, 0.2) is 18.0 Å². The van der Waals surface area contributed by atoms with Crippen LogP contribution in [0.5, 0.6) is 11.5 Å². The average Bonchev–Trinajstić information content (AvgIpc) is 3.14. The lowest BCUT2D eigenvalue weighted by Gasteiger charge is -2.26. The Hall–Kier alpha value is -3.49. The molecule has 1 fully saturated rings. The van der Waals surface area contributed by atoms with Crippen LogP contribution in [-0.2, 0) is 14.3 Å². The monoisotopic (exact) mass is 613 g/mol. The lowest BCUT2D eigenvalue weighted by molar-refractivity contribution is -0.170. The number of nitrogens with two attached hydrogens (primary N) is 1. The predicted octanol–water partition coefficient (Wildman–Crippen LogP) is 2.03. The molecule has 18 heteroatoms. The number of carbonyl (C=O) groups is 1. The fourth-order valence-corrected chi connectivity index (χ4v) is 4.81. The van der Waals surface area contributed by atoms with Crippen molar-refractivity contribution in [3.63, 3.8) is 0 Å². The minimum atomic E-state index is -2.80. The maximum Gasteiger partial charge on any atom is 0.395 e. The van der Waals surface area contributed by atoms with E-state index in [-0.39, 0.29) is 41.3 Å². The summed E-state index contributed by atoms with van der Waals surface area (Å²) in [5, 5.41) is 25.1. The van der Waals surface area contributed by atoms with Crippen molar-refractivity contribution in [2.75, 3.05) is 18.9 Å². The Kier molecular flexibility index (Phi) is 10.9. The van der Waals surface area contributed by atoms with Gasteiger partial charge in [-0.3, -0.25) is 9.09 Å². The van der Waals surface area contributed by atoms with E-state index >= 15 is 0 Å². The SMILES string of the molecule is CCOC(=O)[C@H](CC(C)C)N=[P+]([O-])Oc1ccc(Cl)cc1OC[C@@]1(N=[N+]=[N-])O[C@@H](n2ccc(N)nc2=O)[C@H](O)[C@@H]1O. The van der Waals surface area contributed by atoms with Gasteiger partial charge in [0.25, 0.3) is 0 Å². The number of nitrogen functional groups attached to an aromatic ring is 1. The molecule has 41 heavy (non-hydrogen) atoms. The van der Waals surface area contributed by atoms with Gasteiger partial charge in [0.2, 0.25) is 11.5 Å². The number of esters is 1. The number of ether oxygens (including phenoxy) is 3. The number of aliphatic hydroxyl groups excluding tert-OH is 2. The summed E-state index contributed by atoms with van der Waals surface area (Å²) in [6.07, 6.45) is -3.69. The smallest absolute Gasteiger partial charge is 0.395 e. The maximum absolute atomic E-state index is 12.8. The Morgan fingerprint density at radius 1 is 1.39 bits per heavy atom. The molecule has 0 saturated carbocycles. The zero-order valence-corrected chi connectivity index (χ0v) is 23.9. The van der Waals surface area contributed by atoms with Gasteiger partial charge < -0.3 is 35.1 Å². The van der Waals surface area contributed by atoms with Gasteiger partial charge in [-0.05, 0) is 43.0 Å². The van der Waals surface area contributed by atoms with Crippen LogP contribution < -0.4 is 25.6 Å². The first-order valence-electron chi connectivity index (χ1n) is 12.3. The molecule has 2 aromatic rings. The number of benzene rings is 1. The number of anilines is 1. The molecule has 3 rings (SSSR count). The molecule has 2 heterocycles. The fourth-order valence-electron chi connectivity index (χ4n) is 3.87. The van der Waals surface area contributed by atoms with Crippen molar-refractivity contribution in [2.24, 2.45) is 15.8 Å². The molecule has 1 aliphatic heterocycles. The Balaban J connectivity index is 1.87. The largest absolute Gasteiger partial charge is 0.575 e. The van der Waals surface area contributed by atoms with Crippen molar-refractivity contribution in [1.29, 1.82) is 0 Å². The summed E-state index contributed by atoms with van der Waals surface area (Å²) in [7, 11) is -2.80. The lowest BCUT2D eigenvalue weighted by Crippen LogP contribution is -2.46. The topological polar surface area (TPSA) is 240 Å². The summed E-state index contributed by atoms with van der Waals surface area (Å²) in [6.45, 7) is 4.77. The van der Waals surface area contributed by atoms with E-state index in [4.69, 9.17) is 36.1 Å². The molecule has 0 bridgehead atoms. The number of hydrogen-bond donors (Lipinski definition) is 3. The Labute approximate surface area is 239 Å². The van der Waals surface area contributed by atoms with Crippen molar-refractivity contribution in [3.8, 4) is 11.5 Å². The standard InChI is InChI=1S/C23H29ClN7O9P/c1-4-37-21(34)14(9-12(2)3)28-41(36)40-15-6-5-13(24)10-16(15)38-11-23(29-30-26)19(33)18(32)20(39-23)31-8-7-17(25)27-22(31)35/h5-8,10,12,14,18-20,32-33H,4,9,11H2,1-3H3,(H2,25,27,35)/t14-,18+,19-,20+,23+/m0/s1. The van der Waals surface area contributed by atoms with E-state index < -0.39 is 56.6 Å². The molecule has 1 aliphatic rings. The van der Waals surface area contributed by atoms with Gasteiger partial charge >= 0.3 is 19.8 Å². The number of rotatable bonds is 12. The molecule has 6 atom stereocenters.